The highest BCUT2D eigenvalue weighted by Crippen LogP contribution is 2.41. The third-order valence-electron chi connectivity index (χ3n) is 7.36. The Kier molecular flexibility index (Phi) is 9.89. The number of halogens is 3. The molecule has 1 aliphatic rings. The first-order valence-corrected chi connectivity index (χ1v) is 17.3. The van der Waals surface area contributed by atoms with Crippen LogP contribution >= 0.6 is 7.14 Å². The van der Waals surface area contributed by atoms with Crippen LogP contribution in [0.15, 0.2) is 24.4 Å². The van der Waals surface area contributed by atoms with Gasteiger partial charge in [0.2, 0.25) is 5.95 Å². The zero-order valence-electron chi connectivity index (χ0n) is 26.4. The number of anilines is 1. The summed E-state index contributed by atoms with van der Waals surface area (Å²) in [6, 6.07) is 4.39. The van der Waals surface area contributed by atoms with Crippen LogP contribution in [-0.4, -0.2) is 71.3 Å². The van der Waals surface area contributed by atoms with Crippen molar-refractivity contribution in [3.63, 3.8) is 0 Å². The van der Waals surface area contributed by atoms with Crippen LogP contribution in [-0.2, 0) is 20.2 Å². The average molecular weight is 653 g/mol. The van der Waals surface area contributed by atoms with Gasteiger partial charge in [-0.15, -0.1) is 0 Å². The molecular weight excluding hydrogens is 612 g/mol. The summed E-state index contributed by atoms with van der Waals surface area (Å²) in [5, 5.41) is 10.1. The lowest BCUT2D eigenvalue weighted by atomic mass is 10.1. The van der Waals surface area contributed by atoms with E-state index in [-0.39, 0.29) is 52.0 Å². The van der Waals surface area contributed by atoms with Gasteiger partial charge in [0.25, 0.3) is 0 Å². The van der Waals surface area contributed by atoms with Crippen LogP contribution in [0.1, 0.15) is 69.3 Å². The highest BCUT2D eigenvalue weighted by molar-refractivity contribution is 7.70. The second-order valence-electron chi connectivity index (χ2n) is 12.5. The first kappa shape index (κ1) is 34.2. The topological polar surface area (TPSA) is 147 Å². The van der Waals surface area contributed by atoms with Crippen molar-refractivity contribution in [3.05, 3.63) is 35.5 Å². The lowest BCUT2D eigenvalue weighted by Crippen LogP contribution is -2.50. The molecule has 1 amide bonds. The minimum absolute atomic E-state index is 0.0216. The van der Waals surface area contributed by atoms with Crippen molar-refractivity contribution < 1.29 is 36.8 Å². The number of aromatic nitrogens is 3. The number of ether oxygens (including phenoxy) is 2. The highest BCUT2D eigenvalue weighted by atomic mass is 31.2. The number of aromatic amines is 1. The van der Waals surface area contributed by atoms with E-state index >= 15 is 0 Å². The van der Waals surface area contributed by atoms with Gasteiger partial charge in [0.05, 0.1) is 30.0 Å². The molecule has 0 saturated heterocycles. The predicted octanol–water partition coefficient (Wildman–Crippen LogP) is 5.86. The molecule has 0 unspecified atom stereocenters. The van der Waals surface area contributed by atoms with Crippen molar-refractivity contribution in [2.75, 3.05) is 25.8 Å². The number of alkyl halides is 3. The molecule has 246 valence electrons. The molecule has 11 nitrogen and oxygen atoms in total. The molecule has 3 aromatic rings. The fourth-order valence-electron chi connectivity index (χ4n) is 5.45. The van der Waals surface area contributed by atoms with E-state index in [4.69, 9.17) is 9.47 Å². The predicted molar refractivity (Wildman–Crippen MR) is 166 cm³/mol. The first-order chi connectivity index (χ1) is 20.9. The minimum atomic E-state index is -4.76. The number of methoxy groups -OCH3 is 1. The Balaban J connectivity index is 1.59. The van der Waals surface area contributed by atoms with Crippen molar-refractivity contribution in [1.82, 2.24) is 25.6 Å². The molecule has 1 aromatic carbocycles. The van der Waals surface area contributed by atoms with E-state index in [1.54, 1.807) is 26.8 Å². The van der Waals surface area contributed by atoms with Crippen LogP contribution in [0.2, 0.25) is 0 Å². The molecule has 0 radical (unpaired) electrons. The summed E-state index contributed by atoms with van der Waals surface area (Å²) in [5.41, 5.74) is -1.68. The van der Waals surface area contributed by atoms with Gasteiger partial charge in [-0.2, -0.15) is 13.2 Å². The number of hydrogen-bond acceptors (Lipinski definition) is 9. The Morgan fingerprint density at radius 3 is 2.44 bits per heavy atom. The van der Waals surface area contributed by atoms with Gasteiger partial charge in [-0.1, -0.05) is 13.0 Å². The number of hydrogen-bond donors (Lipinski definition) is 4. The number of nitrogens with one attached hydrogen (secondary N) is 4. The Bertz CT molecular complexity index is 1610. The molecule has 3 atom stereocenters. The molecule has 4 rings (SSSR count). The summed E-state index contributed by atoms with van der Waals surface area (Å²) < 4.78 is 65.8. The van der Waals surface area contributed by atoms with Crippen LogP contribution in [0.4, 0.5) is 23.9 Å². The molecular formula is C30H40F3N6O5P. The maximum absolute atomic E-state index is 14.1. The molecule has 2 aromatic heterocycles. The summed E-state index contributed by atoms with van der Waals surface area (Å²) in [6.45, 7) is 10.2. The van der Waals surface area contributed by atoms with Crippen LogP contribution in [0.25, 0.3) is 22.3 Å². The second kappa shape index (κ2) is 13.0. The standard InChI is InChI=1S/C30H40F3N6O5P/c1-8-22(38-28(41)44-29(2,3)4)35-17-10-11-18(14-17)36-27-34-15-20(30(31,32)33)24(39-27)21-13-16-9-12-19(26(40)43-5)25(23(16)37-21)45(6,7)42/h9,12-13,15,17-18,22,35,37H,8,10-11,14H2,1-7H3,(H,38,41)(H,34,36,39)/t17-,18-,22-/m0/s1. The van der Waals surface area contributed by atoms with E-state index in [0.29, 0.717) is 24.6 Å². The van der Waals surface area contributed by atoms with Crippen LogP contribution in [0, 0.1) is 0 Å². The second-order valence-corrected chi connectivity index (χ2v) is 15.7. The maximum Gasteiger partial charge on any atom is 0.420 e. The molecule has 15 heteroatoms. The van der Waals surface area contributed by atoms with E-state index in [2.05, 4.69) is 30.9 Å². The van der Waals surface area contributed by atoms with E-state index in [9.17, 15) is 27.3 Å². The van der Waals surface area contributed by atoms with Gasteiger partial charge < -0.3 is 29.7 Å². The normalized spacial score (nSPS) is 18.1. The number of rotatable bonds is 9. The zero-order chi connectivity index (χ0) is 33.3. The summed E-state index contributed by atoms with van der Waals surface area (Å²) in [4.78, 5) is 35.9. The Hall–Kier alpha value is -3.64. The number of benzene rings is 1. The molecule has 0 spiro atoms. The zero-order valence-corrected chi connectivity index (χ0v) is 27.3. The number of amides is 1. The SMILES string of the molecule is CC[C@H](NC(=O)OC(C)(C)C)N[C@H]1CC[C@H](Nc2ncc(C(F)(F)F)c(-c3cc4ccc(C(=O)OC)c(P(C)(C)=O)c4[nH]3)n2)C1. The smallest absolute Gasteiger partial charge is 0.420 e. The van der Waals surface area contributed by atoms with Crippen LogP contribution in [0.5, 0.6) is 0 Å². The monoisotopic (exact) mass is 652 g/mol. The van der Waals surface area contributed by atoms with Gasteiger partial charge in [-0.05, 0) is 71.9 Å². The average Bonchev–Trinajstić information content (AvgIpc) is 3.55. The third-order valence-corrected chi connectivity index (χ3v) is 8.91. The Labute approximate surface area is 259 Å². The van der Waals surface area contributed by atoms with Gasteiger partial charge in [-0.25, -0.2) is 19.6 Å². The van der Waals surface area contributed by atoms with Crippen molar-refractivity contribution in [3.8, 4) is 11.4 Å². The fraction of sp³-hybridized carbons (Fsp3) is 0.533. The highest BCUT2D eigenvalue weighted by Gasteiger charge is 2.37. The fourth-order valence-corrected chi connectivity index (χ4v) is 6.92. The third kappa shape index (κ3) is 8.35. The number of H-pyrrole nitrogens is 1. The molecule has 2 heterocycles. The number of fused-ring (bicyclic) bond motifs is 1. The number of nitrogens with zero attached hydrogens (tertiary/aromatic N) is 2. The Morgan fingerprint density at radius 1 is 1.16 bits per heavy atom. The van der Waals surface area contributed by atoms with E-state index in [1.165, 1.54) is 32.6 Å². The molecule has 1 saturated carbocycles. The number of alkyl carbamates (subject to hydrolysis) is 1. The van der Waals surface area contributed by atoms with Crippen molar-refractivity contribution in [2.45, 2.75) is 83.4 Å². The van der Waals surface area contributed by atoms with Gasteiger partial charge in [0.1, 0.15) is 24.0 Å². The van der Waals surface area contributed by atoms with Gasteiger partial charge in [-0.3, -0.25) is 5.32 Å². The summed E-state index contributed by atoms with van der Waals surface area (Å²) >= 11 is 0. The van der Waals surface area contributed by atoms with Gasteiger partial charge in [0.15, 0.2) is 0 Å². The molecule has 4 N–H and O–H groups in total. The maximum atomic E-state index is 14.1. The number of esters is 1. The summed E-state index contributed by atoms with van der Waals surface area (Å²) in [5.74, 6) is -0.680. The first-order valence-electron chi connectivity index (χ1n) is 14.7. The van der Waals surface area contributed by atoms with E-state index < -0.39 is 36.5 Å². The van der Waals surface area contributed by atoms with E-state index in [1.807, 2.05) is 6.92 Å². The van der Waals surface area contributed by atoms with Gasteiger partial charge >= 0.3 is 18.2 Å². The molecule has 0 aliphatic heterocycles. The largest absolute Gasteiger partial charge is 0.465 e. The molecule has 45 heavy (non-hydrogen) atoms. The van der Waals surface area contributed by atoms with Gasteiger partial charge in [0, 0.05) is 29.0 Å². The van der Waals surface area contributed by atoms with Crippen molar-refractivity contribution in [1.29, 1.82) is 0 Å². The quantitative estimate of drug-likeness (QED) is 0.127. The lowest BCUT2D eigenvalue weighted by molar-refractivity contribution is -0.137. The summed E-state index contributed by atoms with van der Waals surface area (Å²) in [6.07, 6.45) is -2.14. The number of carbonyl (C=O) groups excluding carboxylic acids is 2. The lowest BCUT2D eigenvalue weighted by Gasteiger charge is -2.26. The Morgan fingerprint density at radius 2 is 1.84 bits per heavy atom. The molecule has 1 aliphatic carbocycles. The van der Waals surface area contributed by atoms with Crippen LogP contribution < -0.4 is 21.3 Å². The van der Waals surface area contributed by atoms with Crippen molar-refractivity contribution >= 4 is 41.4 Å². The van der Waals surface area contributed by atoms with E-state index in [0.717, 1.165) is 12.6 Å². The van der Waals surface area contributed by atoms with Crippen LogP contribution in [0.3, 0.4) is 0 Å². The summed E-state index contributed by atoms with van der Waals surface area (Å²) in [7, 11) is -1.89. The minimum Gasteiger partial charge on any atom is -0.465 e. The molecule has 0 bridgehead atoms. The number of carbonyl (C=O) groups is 2. The van der Waals surface area contributed by atoms with Crippen molar-refractivity contribution in [2.24, 2.45) is 0 Å². The molecule has 1 fully saturated rings.